The number of aromatic nitrogens is 2. The van der Waals surface area contributed by atoms with Crippen LogP contribution in [0.1, 0.15) is 25.0 Å². The van der Waals surface area contributed by atoms with Crippen molar-refractivity contribution in [2.45, 2.75) is 32.7 Å². The molecule has 3 nitrogen and oxygen atoms in total. The van der Waals surface area contributed by atoms with Crippen molar-refractivity contribution in [1.29, 1.82) is 0 Å². The number of ether oxygens (including phenoxy) is 1. The molecule has 0 aromatic carbocycles. The topological polar surface area (TPSA) is 29.9 Å². The van der Waals surface area contributed by atoms with Crippen molar-refractivity contribution >= 4 is 12.2 Å². The summed E-state index contributed by atoms with van der Waals surface area (Å²) < 4.78 is 8.15. The van der Waals surface area contributed by atoms with Crippen LogP contribution in [-0.2, 0) is 11.3 Å². The van der Waals surface area contributed by atoms with Crippen LogP contribution in [0.3, 0.4) is 0 Å². The number of methoxy groups -OCH3 is 1. The summed E-state index contributed by atoms with van der Waals surface area (Å²) >= 11 is 5.26. The Hall–Kier alpha value is -0.610. The lowest BCUT2D eigenvalue weighted by Gasteiger charge is -2.14. The van der Waals surface area contributed by atoms with Gasteiger partial charge in [-0.3, -0.25) is 0 Å². The molecule has 0 amide bonds. The molecule has 0 atom stereocenters. The number of aromatic amines is 1. The van der Waals surface area contributed by atoms with Crippen molar-refractivity contribution < 1.29 is 4.74 Å². The molecule has 4 heteroatoms. The zero-order valence-electron chi connectivity index (χ0n) is 9.38. The number of aryl methyl sites for hydroxylation is 1. The number of hydrogen-bond donors (Lipinski definition) is 1. The van der Waals surface area contributed by atoms with Gasteiger partial charge in [-0.2, -0.15) is 0 Å². The fraction of sp³-hybridized carbons (Fsp3) is 0.727. The number of nitrogens with zero attached hydrogens (tertiary/aromatic N) is 1. The van der Waals surface area contributed by atoms with Gasteiger partial charge < -0.3 is 14.3 Å². The second-order valence-electron chi connectivity index (χ2n) is 4.61. The van der Waals surface area contributed by atoms with Crippen molar-refractivity contribution in [3.8, 4) is 0 Å². The lowest BCUT2D eigenvalue weighted by Crippen LogP contribution is -2.13. The predicted octanol–water partition coefficient (Wildman–Crippen LogP) is 2.67. The van der Waals surface area contributed by atoms with Gasteiger partial charge in [-0.05, 0) is 43.8 Å². The second kappa shape index (κ2) is 4.10. The SMILES string of the molecule is COCCC1(Cn2cc(C)[nH]c2=S)CC1. The molecule has 0 radical (unpaired) electrons. The maximum absolute atomic E-state index is 5.26. The third kappa shape index (κ3) is 2.49. The smallest absolute Gasteiger partial charge is 0.177 e. The summed E-state index contributed by atoms with van der Waals surface area (Å²) in [5, 5.41) is 0. The Morgan fingerprint density at radius 2 is 2.33 bits per heavy atom. The van der Waals surface area contributed by atoms with Gasteiger partial charge in [-0.1, -0.05) is 0 Å². The molecular weight excluding hydrogens is 208 g/mol. The van der Waals surface area contributed by atoms with E-state index in [9.17, 15) is 0 Å². The fourth-order valence-corrected chi connectivity index (χ4v) is 2.30. The lowest BCUT2D eigenvalue weighted by molar-refractivity contribution is 0.166. The highest BCUT2D eigenvalue weighted by atomic mass is 32.1. The van der Waals surface area contributed by atoms with Crippen molar-refractivity contribution in [1.82, 2.24) is 9.55 Å². The van der Waals surface area contributed by atoms with Gasteiger partial charge in [0.15, 0.2) is 4.77 Å². The second-order valence-corrected chi connectivity index (χ2v) is 5.00. The van der Waals surface area contributed by atoms with Crippen LogP contribution in [0.5, 0.6) is 0 Å². The molecule has 0 aliphatic heterocycles. The zero-order valence-corrected chi connectivity index (χ0v) is 10.2. The first kappa shape index (κ1) is 10.9. The van der Waals surface area contributed by atoms with E-state index >= 15 is 0 Å². The van der Waals surface area contributed by atoms with Crippen LogP contribution in [0.25, 0.3) is 0 Å². The number of hydrogen-bond acceptors (Lipinski definition) is 2. The minimum atomic E-state index is 0.461. The molecule has 1 saturated carbocycles. The van der Waals surface area contributed by atoms with E-state index < -0.39 is 0 Å². The summed E-state index contributed by atoms with van der Waals surface area (Å²) in [6.07, 6.45) is 5.87. The molecule has 0 saturated heterocycles. The molecule has 15 heavy (non-hydrogen) atoms. The van der Waals surface area contributed by atoms with E-state index in [1.165, 1.54) is 12.8 Å². The molecule has 1 aliphatic rings. The van der Waals surface area contributed by atoms with Gasteiger partial charge >= 0.3 is 0 Å². The minimum Gasteiger partial charge on any atom is -0.385 e. The van der Waals surface area contributed by atoms with Crippen LogP contribution in [-0.4, -0.2) is 23.3 Å². The Morgan fingerprint density at radius 1 is 1.60 bits per heavy atom. The molecule has 1 aromatic heterocycles. The van der Waals surface area contributed by atoms with Crippen molar-refractivity contribution in [2.24, 2.45) is 5.41 Å². The van der Waals surface area contributed by atoms with Crippen molar-refractivity contribution in [3.63, 3.8) is 0 Å². The summed E-state index contributed by atoms with van der Waals surface area (Å²) in [6.45, 7) is 3.94. The molecule has 1 aromatic rings. The standard InChI is InChI=1S/C11H18N2OS/c1-9-7-13(10(15)12-9)8-11(3-4-11)5-6-14-2/h7H,3-6,8H2,1-2H3,(H,12,15). The molecule has 1 fully saturated rings. The molecular formula is C11H18N2OS. The average molecular weight is 226 g/mol. The van der Waals surface area contributed by atoms with E-state index in [4.69, 9.17) is 17.0 Å². The van der Waals surface area contributed by atoms with Crippen LogP contribution in [0.15, 0.2) is 6.20 Å². The van der Waals surface area contributed by atoms with Gasteiger partial charge in [0, 0.05) is 32.2 Å². The Kier molecular flexibility index (Phi) is 2.98. The quantitative estimate of drug-likeness (QED) is 0.782. The summed E-state index contributed by atoms with van der Waals surface area (Å²) in [4.78, 5) is 3.16. The molecule has 0 unspecified atom stereocenters. The highest BCUT2D eigenvalue weighted by Crippen LogP contribution is 2.50. The fourth-order valence-electron chi connectivity index (χ4n) is 2.03. The Bertz CT molecular complexity index is 390. The van der Waals surface area contributed by atoms with Crippen LogP contribution >= 0.6 is 12.2 Å². The number of rotatable bonds is 5. The Labute approximate surface area is 95.5 Å². The number of imidazole rings is 1. The van der Waals surface area contributed by atoms with Gasteiger partial charge in [0.25, 0.3) is 0 Å². The average Bonchev–Trinajstić information content (AvgIpc) is 2.87. The van der Waals surface area contributed by atoms with Crippen molar-refractivity contribution in [2.75, 3.05) is 13.7 Å². The van der Waals surface area contributed by atoms with Crippen LogP contribution < -0.4 is 0 Å². The summed E-state index contributed by atoms with van der Waals surface area (Å²) in [6, 6.07) is 0. The predicted molar refractivity (Wildman–Crippen MR) is 62.5 cm³/mol. The van der Waals surface area contributed by atoms with E-state index in [-0.39, 0.29) is 0 Å². The van der Waals surface area contributed by atoms with E-state index in [1.807, 2.05) is 6.92 Å². The van der Waals surface area contributed by atoms with Gasteiger partial charge in [0.2, 0.25) is 0 Å². The number of nitrogens with one attached hydrogen (secondary N) is 1. The maximum atomic E-state index is 5.26. The molecule has 1 heterocycles. The summed E-state index contributed by atoms with van der Waals surface area (Å²) in [5.41, 5.74) is 1.60. The highest BCUT2D eigenvalue weighted by molar-refractivity contribution is 7.71. The molecule has 1 N–H and O–H groups in total. The van der Waals surface area contributed by atoms with Crippen LogP contribution in [0.2, 0.25) is 0 Å². The van der Waals surface area contributed by atoms with Gasteiger partial charge in [-0.15, -0.1) is 0 Å². The Balaban J connectivity index is 2.02. The van der Waals surface area contributed by atoms with E-state index in [0.29, 0.717) is 5.41 Å². The molecule has 84 valence electrons. The normalized spacial score (nSPS) is 18.0. The third-order valence-electron chi connectivity index (χ3n) is 3.21. The van der Waals surface area contributed by atoms with Gasteiger partial charge in [-0.25, -0.2) is 0 Å². The van der Waals surface area contributed by atoms with Crippen molar-refractivity contribution in [3.05, 3.63) is 16.7 Å². The maximum Gasteiger partial charge on any atom is 0.177 e. The van der Waals surface area contributed by atoms with E-state index in [1.54, 1.807) is 7.11 Å². The Morgan fingerprint density at radius 3 is 2.80 bits per heavy atom. The first-order valence-electron chi connectivity index (χ1n) is 5.40. The minimum absolute atomic E-state index is 0.461. The first-order valence-corrected chi connectivity index (χ1v) is 5.81. The largest absolute Gasteiger partial charge is 0.385 e. The molecule has 2 rings (SSSR count). The van der Waals surface area contributed by atoms with E-state index in [0.717, 1.165) is 30.0 Å². The zero-order chi connectivity index (χ0) is 10.9. The summed E-state index contributed by atoms with van der Waals surface area (Å²) in [7, 11) is 1.77. The van der Waals surface area contributed by atoms with Gasteiger partial charge in [0.05, 0.1) is 0 Å². The molecule has 0 bridgehead atoms. The summed E-state index contributed by atoms with van der Waals surface area (Å²) in [5.74, 6) is 0. The van der Waals surface area contributed by atoms with E-state index in [2.05, 4.69) is 15.7 Å². The van der Waals surface area contributed by atoms with Crippen LogP contribution in [0.4, 0.5) is 0 Å². The molecule has 0 spiro atoms. The third-order valence-corrected chi connectivity index (χ3v) is 3.55. The monoisotopic (exact) mass is 226 g/mol. The molecule has 1 aliphatic carbocycles. The first-order chi connectivity index (χ1) is 7.15. The number of H-pyrrole nitrogens is 1. The van der Waals surface area contributed by atoms with Gasteiger partial charge in [0.1, 0.15) is 0 Å². The lowest BCUT2D eigenvalue weighted by atomic mass is 10.0. The van der Waals surface area contributed by atoms with Crippen LogP contribution in [0, 0.1) is 17.1 Å². The highest BCUT2D eigenvalue weighted by Gasteiger charge is 2.42.